The molecule has 0 bridgehead atoms. The Hall–Kier alpha value is -2.44. The van der Waals surface area contributed by atoms with E-state index in [1.807, 2.05) is 12.1 Å². The third-order valence-corrected chi connectivity index (χ3v) is 5.12. The lowest BCUT2D eigenvalue weighted by molar-refractivity contribution is 0.156. The lowest BCUT2D eigenvalue weighted by Gasteiger charge is -2.37. The predicted molar refractivity (Wildman–Crippen MR) is 92.6 cm³/mol. The quantitative estimate of drug-likeness (QED) is 0.794. The minimum absolute atomic E-state index is 0.0239. The number of phenolic OH excluding ortho intramolecular Hbond substituents is 1. The highest BCUT2D eigenvalue weighted by molar-refractivity contribution is 5.84. The Bertz CT molecular complexity index is 848. The summed E-state index contributed by atoms with van der Waals surface area (Å²) < 4.78 is 16.2. The number of methoxy groups -OCH3 is 3. The van der Waals surface area contributed by atoms with Gasteiger partial charge in [-0.3, -0.25) is 0 Å². The molecule has 132 valence electrons. The molecule has 0 fully saturated rings. The van der Waals surface area contributed by atoms with Crippen LogP contribution in [0.5, 0.6) is 23.0 Å². The highest BCUT2D eigenvalue weighted by atomic mass is 16.5. The Morgan fingerprint density at radius 2 is 1.68 bits per heavy atom. The fraction of sp³-hybridized carbons (Fsp3) is 0.368. The lowest BCUT2D eigenvalue weighted by atomic mass is 9.76. The van der Waals surface area contributed by atoms with Crippen molar-refractivity contribution in [2.45, 2.75) is 18.6 Å². The first kappa shape index (κ1) is 16.1. The van der Waals surface area contributed by atoms with Crippen molar-refractivity contribution in [3.05, 3.63) is 34.9 Å². The lowest BCUT2D eigenvalue weighted by Crippen LogP contribution is -2.36. The van der Waals surface area contributed by atoms with Crippen LogP contribution in [0.15, 0.2) is 18.2 Å². The number of hydrogen-bond donors (Lipinski definition) is 3. The standard InChI is InChI=1S/C19H21NO5/c1-23-14-5-9-4-12-17-11(13(21)8-20-12)7-16(25-3)19(22)18(17)10(9)6-15(14)24-2/h5-7,12-13,20-22H,4,8H2,1-3H3. The van der Waals surface area contributed by atoms with Gasteiger partial charge in [0.15, 0.2) is 23.0 Å². The maximum absolute atomic E-state index is 10.8. The van der Waals surface area contributed by atoms with Crippen molar-refractivity contribution in [3.8, 4) is 34.1 Å². The Labute approximate surface area is 146 Å². The molecule has 2 aliphatic rings. The zero-order valence-corrected chi connectivity index (χ0v) is 14.4. The molecule has 6 heteroatoms. The van der Waals surface area contributed by atoms with Gasteiger partial charge in [-0.25, -0.2) is 0 Å². The molecule has 1 aliphatic carbocycles. The molecule has 3 N–H and O–H groups in total. The van der Waals surface area contributed by atoms with Gasteiger partial charge in [0.2, 0.25) is 0 Å². The van der Waals surface area contributed by atoms with Crippen LogP contribution in [0.4, 0.5) is 0 Å². The fourth-order valence-electron chi connectivity index (χ4n) is 3.94. The van der Waals surface area contributed by atoms with E-state index in [1.54, 1.807) is 20.3 Å². The van der Waals surface area contributed by atoms with Gasteiger partial charge in [0.25, 0.3) is 0 Å². The van der Waals surface area contributed by atoms with Crippen molar-refractivity contribution < 1.29 is 24.4 Å². The minimum Gasteiger partial charge on any atom is -0.504 e. The smallest absolute Gasteiger partial charge is 0.166 e. The van der Waals surface area contributed by atoms with Gasteiger partial charge in [0.05, 0.1) is 27.4 Å². The van der Waals surface area contributed by atoms with Gasteiger partial charge in [-0.15, -0.1) is 0 Å². The first-order valence-corrected chi connectivity index (χ1v) is 8.19. The van der Waals surface area contributed by atoms with Gasteiger partial charge >= 0.3 is 0 Å². The Kier molecular flexibility index (Phi) is 3.74. The summed E-state index contributed by atoms with van der Waals surface area (Å²) in [6, 6.07) is 5.58. The van der Waals surface area contributed by atoms with Crippen LogP contribution < -0.4 is 19.5 Å². The molecular formula is C19H21NO5. The first-order chi connectivity index (χ1) is 12.1. The topological polar surface area (TPSA) is 80.2 Å². The van der Waals surface area contributed by atoms with Gasteiger partial charge in [-0.05, 0) is 46.9 Å². The highest BCUT2D eigenvalue weighted by Gasteiger charge is 2.36. The number of hydrogen-bond acceptors (Lipinski definition) is 6. The summed E-state index contributed by atoms with van der Waals surface area (Å²) in [5.41, 5.74) is 4.34. The number of nitrogens with one attached hydrogen (secondary N) is 1. The molecule has 0 radical (unpaired) electrons. The zero-order valence-electron chi connectivity index (χ0n) is 14.4. The molecule has 1 heterocycles. The minimum atomic E-state index is -0.638. The van der Waals surface area contributed by atoms with E-state index in [9.17, 15) is 10.2 Å². The first-order valence-electron chi connectivity index (χ1n) is 8.19. The molecule has 0 spiro atoms. The van der Waals surface area contributed by atoms with Gasteiger partial charge in [-0.2, -0.15) is 0 Å². The zero-order chi connectivity index (χ0) is 17.7. The van der Waals surface area contributed by atoms with E-state index < -0.39 is 6.10 Å². The second-order valence-corrected chi connectivity index (χ2v) is 6.35. The fourth-order valence-corrected chi connectivity index (χ4v) is 3.94. The van der Waals surface area contributed by atoms with Crippen molar-refractivity contribution in [1.82, 2.24) is 5.32 Å². The number of benzene rings is 2. The molecule has 2 atom stereocenters. The van der Waals surface area contributed by atoms with E-state index in [0.717, 1.165) is 28.7 Å². The van der Waals surface area contributed by atoms with Crippen molar-refractivity contribution in [2.75, 3.05) is 27.9 Å². The number of aliphatic hydroxyl groups excluding tert-OH is 1. The molecule has 0 saturated heterocycles. The summed E-state index contributed by atoms with van der Waals surface area (Å²) in [5, 5.41) is 24.6. The third kappa shape index (κ3) is 2.25. The Balaban J connectivity index is 2.05. The van der Waals surface area contributed by atoms with E-state index in [-0.39, 0.29) is 11.8 Å². The van der Waals surface area contributed by atoms with Crippen molar-refractivity contribution in [3.63, 3.8) is 0 Å². The number of ether oxygens (including phenoxy) is 3. The number of fused-ring (bicyclic) bond motifs is 2. The number of rotatable bonds is 3. The number of β-amino-alcohol motifs (C(OH)–C–C–N with tert-alkyl or cyclic N) is 1. The maximum Gasteiger partial charge on any atom is 0.166 e. The summed E-state index contributed by atoms with van der Waals surface area (Å²) in [4.78, 5) is 0. The van der Waals surface area contributed by atoms with E-state index in [4.69, 9.17) is 14.2 Å². The van der Waals surface area contributed by atoms with Crippen LogP contribution >= 0.6 is 0 Å². The highest BCUT2D eigenvalue weighted by Crippen LogP contribution is 2.53. The second-order valence-electron chi connectivity index (χ2n) is 6.35. The normalized spacial score (nSPS) is 20.5. The Morgan fingerprint density at radius 3 is 2.36 bits per heavy atom. The molecule has 4 rings (SSSR count). The maximum atomic E-state index is 10.8. The molecular weight excluding hydrogens is 322 g/mol. The number of aliphatic hydroxyl groups is 1. The number of aromatic hydroxyl groups is 1. The summed E-state index contributed by atoms with van der Waals surface area (Å²) in [6.07, 6.45) is 0.106. The number of phenols is 1. The average molecular weight is 343 g/mol. The van der Waals surface area contributed by atoms with Gasteiger partial charge < -0.3 is 29.7 Å². The van der Waals surface area contributed by atoms with E-state index >= 15 is 0 Å². The van der Waals surface area contributed by atoms with Crippen LogP contribution in [-0.2, 0) is 6.42 Å². The van der Waals surface area contributed by atoms with E-state index in [2.05, 4.69) is 5.32 Å². The third-order valence-electron chi connectivity index (χ3n) is 5.12. The predicted octanol–water partition coefficient (Wildman–Crippen LogP) is 2.32. The monoisotopic (exact) mass is 343 g/mol. The molecule has 6 nitrogen and oxygen atoms in total. The molecule has 1 aliphatic heterocycles. The van der Waals surface area contributed by atoms with E-state index in [1.165, 1.54) is 7.11 Å². The van der Waals surface area contributed by atoms with Crippen molar-refractivity contribution >= 4 is 0 Å². The summed E-state index contributed by atoms with van der Waals surface area (Å²) in [7, 11) is 4.70. The van der Waals surface area contributed by atoms with Gasteiger partial charge in [0.1, 0.15) is 0 Å². The van der Waals surface area contributed by atoms with Crippen LogP contribution in [-0.4, -0.2) is 38.1 Å². The van der Waals surface area contributed by atoms with Crippen LogP contribution in [0.3, 0.4) is 0 Å². The van der Waals surface area contributed by atoms with Gasteiger partial charge in [0, 0.05) is 18.2 Å². The average Bonchev–Trinajstić information content (AvgIpc) is 2.64. The van der Waals surface area contributed by atoms with Crippen LogP contribution in [0.2, 0.25) is 0 Å². The molecule has 0 aromatic heterocycles. The van der Waals surface area contributed by atoms with E-state index in [0.29, 0.717) is 29.4 Å². The van der Waals surface area contributed by atoms with Crippen LogP contribution in [0.25, 0.3) is 11.1 Å². The van der Waals surface area contributed by atoms with Crippen molar-refractivity contribution in [2.24, 2.45) is 0 Å². The Morgan fingerprint density at radius 1 is 1.00 bits per heavy atom. The SMILES string of the molecule is COc1cc2c(cc1OC)-c1c(O)c(OC)cc3c1C(C2)NCC3O. The summed E-state index contributed by atoms with van der Waals surface area (Å²) >= 11 is 0. The largest absolute Gasteiger partial charge is 0.504 e. The summed E-state index contributed by atoms with van der Waals surface area (Å²) in [6.45, 7) is 0.466. The summed E-state index contributed by atoms with van der Waals surface area (Å²) in [5.74, 6) is 1.69. The molecule has 2 aromatic rings. The molecule has 2 unspecified atom stereocenters. The second kappa shape index (κ2) is 5.82. The molecule has 0 saturated carbocycles. The van der Waals surface area contributed by atoms with Crippen molar-refractivity contribution in [1.29, 1.82) is 0 Å². The molecule has 25 heavy (non-hydrogen) atoms. The van der Waals surface area contributed by atoms with Crippen LogP contribution in [0, 0.1) is 0 Å². The molecule has 2 aromatic carbocycles. The van der Waals surface area contributed by atoms with Crippen LogP contribution in [0.1, 0.15) is 28.8 Å². The molecule has 0 amide bonds. The van der Waals surface area contributed by atoms with Gasteiger partial charge in [-0.1, -0.05) is 0 Å².